The van der Waals surface area contributed by atoms with Crippen LogP contribution >= 0.6 is 0 Å². The van der Waals surface area contributed by atoms with E-state index in [9.17, 15) is 4.79 Å². The maximum absolute atomic E-state index is 11.6. The average Bonchev–Trinajstić information content (AvgIpc) is 2.98. The van der Waals surface area contributed by atoms with E-state index >= 15 is 0 Å². The highest BCUT2D eigenvalue weighted by atomic mass is 16.1. The van der Waals surface area contributed by atoms with Gasteiger partial charge in [0.05, 0.1) is 11.7 Å². The van der Waals surface area contributed by atoms with Crippen LogP contribution in [-0.2, 0) is 19.5 Å². The highest BCUT2D eigenvalue weighted by Gasteiger charge is 2.17. The van der Waals surface area contributed by atoms with Crippen LogP contribution in [0.1, 0.15) is 23.2 Å². The second-order valence-electron chi connectivity index (χ2n) is 5.99. The molecule has 1 N–H and O–H groups in total. The van der Waals surface area contributed by atoms with E-state index in [0.29, 0.717) is 11.0 Å². The fraction of sp³-hybridized carbons (Fsp3) is 0.278. The fourth-order valence-electron chi connectivity index (χ4n) is 3.18. The maximum atomic E-state index is 11.6. The molecule has 23 heavy (non-hydrogen) atoms. The number of rotatable bonds is 4. The van der Waals surface area contributed by atoms with E-state index in [1.807, 2.05) is 12.1 Å². The molecule has 0 saturated heterocycles. The van der Waals surface area contributed by atoms with Gasteiger partial charge in [0, 0.05) is 18.8 Å². The highest BCUT2D eigenvalue weighted by Crippen LogP contribution is 2.22. The molecule has 116 valence electrons. The summed E-state index contributed by atoms with van der Waals surface area (Å²) in [6, 6.07) is 12.4. The van der Waals surface area contributed by atoms with Crippen molar-refractivity contribution in [3.05, 3.63) is 69.9 Å². The summed E-state index contributed by atoms with van der Waals surface area (Å²) in [5.41, 5.74) is 4.27. The predicted octanol–water partition coefficient (Wildman–Crippen LogP) is 2.27. The van der Waals surface area contributed by atoms with Crippen molar-refractivity contribution in [1.82, 2.24) is 19.9 Å². The summed E-state index contributed by atoms with van der Waals surface area (Å²) in [6.07, 6.45) is 3.36. The number of benzene rings is 1. The SMILES string of the molecule is O=c1[nH]cnc2nc(CCCN3Cc4ccccc4C3)ccc12. The minimum atomic E-state index is -0.135. The number of hydrogen-bond donors (Lipinski definition) is 1. The monoisotopic (exact) mass is 306 g/mol. The molecular formula is C18H18N4O. The highest BCUT2D eigenvalue weighted by molar-refractivity contribution is 5.72. The zero-order valence-electron chi connectivity index (χ0n) is 12.8. The van der Waals surface area contributed by atoms with Gasteiger partial charge in [-0.1, -0.05) is 24.3 Å². The molecule has 2 aromatic heterocycles. The van der Waals surface area contributed by atoms with Crippen LogP contribution in [0.25, 0.3) is 11.0 Å². The lowest BCUT2D eigenvalue weighted by atomic mass is 10.1. The van der Waals surface area contributed by atoms with E-state index < -0.39 is 0 Å². The van der Waals surface area contributed by atoms with Gasteiger partial charge in [0.25, 0.3) is 5.56 Å². The van der Waals surface area contributed by atoms with Crippen LogP contribution in [0.15, 0.2) is 47.5 Å². The summed E-state index contributed by atoms with van der Waals surface area (Å²) >= 11 is 0. The Labute approximate surface area is 134 Å². The third kappa shape index (κ3) is 2.87. The van der Waals surface area contributed by atoms with Crippen molar-refractivity contribution < 1.29 is 0 Å². The van der Waals surface area contributed by atoms with Gasteiger partial charge >= 0.3 is 0 Å². The second-order valence-corrected chi connectivity index (χ2v) is 5.99. The number of aryl methyl sites for hydroxylation is 1. The molecule has 1 aromatic carbocycles. The molecule has 3 aromatic rings. The molecule has 4 rings (SSSR count). The number of aromatic amines is 1. The van der Waals surface area contributed by atoms with Crippen molar-refractivity contribution in [2.75, 3.05) is 6.54 Å². The Balaban J connectivity index is 1.38. The first kappa shape index (κ1) is 14.1. The third-order valence-electron chi connectivity index (χ3n) is 4.37. The number of fused-ring (bicyclic) bond motifs is 2. The van der Waals surface area contributed by atoms with Gasteiger partial charge in [-0.15, -0.1) is 0 Å². The van der Waals surface area contributed by atoms with Gasteiger partial charge in [-0.05, 0) is 42.6 Å². The maximum Gasteiger partial charge on any atom is 0.260 e. The molecule has 1 aliphatic heterocycles. The summed E-state index contributed by atoms with van der Waals surface area (Å²) in [6.45, 7) is 3.13. The summed E-state index contributed by atoms with van der Waals surface area (Å²) < 4.78 is 0. The van der Waals surface area contributed by atoms with Gasteiger partial charge in [-0.25, -0.2) is 9.97 Å². The Hall–Kier alpha value is -2.53. The smallest absolute Gasteiger partial charge is 0.260 e. The average molecular weight is 306 g/mol. The Morgan fingerprint density at radius 1 is 1.09 bits per heavy atom. The lowest BCUT2D eigenvalue weighted by molar-refractivity contribution is 0.280. The number of pyridine rings is 1. The largest absolute Gasteiger partial charge is 0.313 e. The van der Waals surface area contributed by atoms with Crippen molar-refractivity contribution in [2.45, 2.75) is 25.9 Å². The van der Waals surface area contributed by atoms with Crippen LogP contribution in [0.5, 0.6) is 0 Å². The number of nitrogens with zero attached hydrogens (tertiary/aromatic N) is 3. The second kappa shape index (κ2) is 5.93. The molecule has 0 fully saturated rings. The van der Waals surface area contributed by atoms with Gasteiger partial charge in [-0.2, -0.15) is 0 Å². The van der Waals surface area contributed by atoms with Gasteiger partial charge in [0.15, 0.2) is 5.65 Å². The van der Waals surface area contributed by atoms with Gasteiger partial charge in [-0.3, -0.25) is 9.69 Å². The topological polar surface area (TPSA) is 61.9 Å². The first-order valence-corrected chi connectivity index (χ1v) is 7.92. The molecule has 5 heteroatoms. The molecule has 0 atom stereocenters. The first-order chi connectivity index (χ1) is 11.3. The van der Waals surface area contributed by atoms with Gasteiger partial charge in [0.1, 0.15) is 0 Å². The summed E-state index contributed by atoms with van der Waals surface area (Å²) in [5.74, 6) is 0. The Kier molecular flexibility index (Phi) is 3.63. The molecule has 0 amide bonds. The van der Waals surface area contributed by atoms with E-state index in [1.54, 1.807) is 0 Å². The van der Waals surface area contributed by atoms with E-state index in [1.165, 1.54) is 17.5 Å². The lowest BCUT2D eigenvalue weighted by Gasteiger charge is -2.14. The minimum absolute atomic E-state index is 0.135. The summed E-state index contributed by atoms with van der Waals surface area (Å²) in [7, 11) is 0. The van der Waals surface area contributed by atoms with Crippen molar-refractivity contribution in [3.8, 4) is 0 Å². The Bertz CT molecular complexity index is 878. The zero-order valence-corrected chi connectivity index (χ0v) is 12.8. The fourth-order valence-corrected chi connectivity index (χ4v) is 3.18. The first-order valence-electron chi connectivity index (χ1n) is 7.92. The van der Waals surface area contributed by atoms with Crippen molar-refractivity contribution in [1.29, 1.82) is 0 Å². The summed E-state index contributed by atoms with van der Waals surface area (Å²) in [4.78, 5) is 25.3. The van der Waals surface area contributed by atoms with Crippen molar-refractivity contribution in [3.63, 3.8) is 0 Å². The third-order valence-corrected chi connectivity index (χ3v) is 4.37. The Morgan fingerprint density at radius 2 is 1.87 bits per heavy atom. The molecule has 0 radical (unpaired) electrons. The van der Waals surface area contributed by atoms with Gasteiger partial charge in [0.2, 0.25) is 0 Å². The minimum Gasteiger partial charge on any atom is -0.313 e. The molecule has 0 aliphatic carbocycles. The van der Waals surface area contributed by atoms with E-state index in [0.717, 1.165) is 38.2 Å². The van der Waals surface area contributed by atoms with Gasteiger partial charge < -0.3 is 4.98 Å². The molecular weight excluding hydrogens is 288 g/mol. The van der Waals surface area contributed by atoms with E-state index in [4.69, 9.17) is 0 Å². The van der Waals surface area contributed by atoms with Crippen LogP contribution in [0.4, 0.5) is 0 Å². The van der Waals surface area contributed by atoms with Crippen LogP contribution in [0.3, 0.4) is 0 Å². The number of nitrogens with one attached hydrogen (secondary N) is 1. The molecule has 3 heterocycles. The van der Waals surface area contributed by atoms with Crippen molar-refractivity contribution in [2.24, 2.45) is 0 Å². The normalized spacial score (nSPS) is 14.3. The summed E-state index contributed by atoms with van der Waals surface area (Å²) in [5, 5.41) is 0.547. The molecule has 0 bridgehead atoms. The van der Waals surface area contributed by atoms with Crippen LogP contribution in [-0.4, -0.2) is 26.4 Å². The molecule has 0 saturated carbocycles. The number of aromatic nitrogens is 3. The zero-order chi connectivity index (χ0) is 15.6. The van der Waals surface area contributed by atoms with E-state index in [2.05, 4.69) is 44.1 Å². The van der Waals surface area contributed by atoms with Crippen LogP contribution in [0.2, 0.25) is 0 Å². The Morgan fingerprint density at radius 3 is 2.65 bits per heavy atom. The predicted molar refractivity (Wildman–Crippen MR) is 89.0 cm³/mol. The van der Waals surface area contributed by atoms with Crippen LogP contribution in [0, 0.1) is 0 Å². The van der Waals surface area contributed by atoms with Crippen molar-refractivity contribution >= 4 is 11.0 Å². The standard InChI is InChI=1S/C18H18N4O/c23-18-16-8-7-15(21-17(16)19-12-20-18)6-3-9-22-10-13-4-1-2-5-14(13)11-22/h1-2,4-5,7-8,12H,3,6,9-11H2,(H,19,20,21,23). The quantitative estimate of drug-likeness (QED) is 0.803. The number of hydrogen-bond acceptors (Lipinski definition) is 4. The lowest BCUT2D eigenvalue weighted by Crippen LogP contribution is -2.18. The van der Waals surface area contributed by atoms with Crippen LogP contribution < -0.4 is 5.56 Å². The number of H-pyrrole nitrogens is 1. The molecule has 5 nitrogen and oxygen atoms in total. The van der Waals surface area contributed by atoms with E-state index in [-0.39, 0.29) is 5.56 Å². The molecule has 0 unspecified atom stereocenters. The molecule has 1 aliphatic rings. The molecule has 0 spiro atoms.